The van der Waals surface area contributed by atoms with Crippen LogP contribution in [0.3, 0.4) is 0 Å². The minimum atomic E-state index is 0.0869. The Morgan fingerprint density at radius 3 is 2.63 bits per heavy atom. The summed E-state index contributed by atoms with van der Waals surface area (Å²) in [4.78, 5) is 14.1. The Bertz CT molecular complexity index is 281. The second kappa shape index (κ2) is 7.85. The van der Waals surface area contributed by atoms with Crippen LogP contribution in [0.2, 0.25) is 0 Å². The molecule has 112 valence electrons. The molecule has 0 saturated carbocycles. The van der Waals surface area contributed by atoms with E-state index in [2.05, 4.69) is 37.9 Å². The quantitative estimate of drug-likeness (QED) is 0.739. The van der Waals surface area contributed by atoms with E-state index in [-0.39, 0.29) is 24.6 Å². The third-order valence-electron chi connectivity index (χ3n) is 4.12. The second-order valence-corrected chi connectivity index (χ2v) is 6.43. The van der Waals surface area contributed by atoms with Crippen molar-refractivity contribution in [1.29, 1.82) is 0 Å². The number of rotatable bonds is 7. The Hall–Kier alpha value is -0.610. The van der Waals surface area contributed by atoms with Gasteiger partial charge in [0.2, 0.25) is 5.91 Å². The topological polar surface area (TPSA) is 52.6 Å². The van der Waals surface area contributed by atoms with Gasteiger partial charge in [-0.2, -0.15) is 0 Å². The number of aliphatic hydroxyl groups is 1. The zero-order chi connectivity index (χ0) is 14.4. The van der Waals surface area contributed by atoms with Crippen LogP contribution in [0.1, 0.15) is 47.0 Å². The Morgan fingerprint density at radius 1 is 1.37 bits per heavy atom. The molecule has 0 aromatic rings. The summed E-state index contributed by atoms with van der Waals surface area (Å²) >= 11 is 0. The first-order valence-corrected chi connectivity index (χ1v) is 7.58. The predicted molar refractivity (Wildman–Crippen MR) is 77.9 cm³/mol. The van der Waals surface area contributed by atoms with Crippen LogP contribution in [0.25, 0.3) is 0 Å². The monoisotopic (exact) mass is 270 g/mol. The van der Waals surface area contributed by atoms with Gasteiger partial charge in [0.05, 0.1) is 13.2 Å². The first-order chi connectivity index (χ1) is 8.93. The van der Waals surface area contributed by atoms with Crippen molar-refractivity contribution >= 4 is 5.91 Å². The van der Waals surface area contributed by atoms with Gasteiger partial charge >= 0.3 is 0 Å². The summed E-state index contributed by atoms with van der Waals surface area (Å²) in [5.41, 5.74) is 0. The van der Waals surface area contributed by atoms with E-state index < -0.39 is 0 Å². The molecule has 0 aromatic carbocycles. The van der Waals surface area contributed by atoms with Crippen LogP contribution in [0, 0.1) is 11.8 Å². The highest BCUT2D eigenvalue weighted by molar-refractivity contribution is 5.78. The first kappa shape index (κ1) is 16.4. The maximum absolute atomic E-state index is 12.0. The Balaban J connectivity index is 2.30. The third kappa shape index (κ3) is 5.49. The van der Waals surface area contributed by atoms with Gasteiger partial charge in [-0.15, -0.1) is 0 Å². The van der Waals surface area contributed by atoms with Crippen LogP contribution >= 0.6 is 0 Å². The van der Waals surface area contributed by atoms with Crippen molar-refractivity contribution in [3.63, 3.8) is 0 Å². The molecule has 1 rings (SSSR count). The molecule has 1 saturated heterocycles. The van der Waals surface area contributed by atoms with E-state index in [1.807, 2.05) is 0 Å². The Kier molecular flexibility index (Phi) is 6.80. The van der Waals surface area contributed by atoms with Crippen molar-refractivity contribution in [2.75, 3.05) is 19.7 Å². The Morgan fingerprint density at radius 2 is 2.05 bits per heavy atom. The van der Waals surface area contributed by atoms with Crippen molar-refractivity contribution in [2.24, 2.45) is 11.8 Å². The number of likely N-dealkylation sites (tertiary alicyclic amines) is 1. The lowest BCUT2D eigenvalue weighted by Crippen LogP contribution is -2.44. The number of amides is 1. The average Bonchev–Trinajstić information content (AvgIpc) is 2.67. The van der Waals surface area contributed by atoms with Crippen LogP contribution in [0.4, 0.5) is 0 Å². The lowest BCUT2D eigenvalue weighted by Gasteiger charge is -2.25. The number of hydrogen-bond donors (Lipinski definition) is 2. The smallest absolute Gasteiger partial charge is 0.234 e. The molecule has 1 aliphatic rings. The second-order valence-electron chi connectivity index (χ2n) is 6.43. The lowest BCUT2D eigenvalue weighted by atomic mass is 10.0. The summed E-state index contributed by atoms with van der Waals surface area (Å²) in [6.45, 7) is 10.1. The molecule has 1 fully saturated rings. The number of aliphatic hydroxyl groups excluding tert-OH is 1. The fourth-order valence-electron chi connectivity index (χ4n) is 2.74. The predicted octanol–water partition coefficient (Wildman–Crippen LogP) is 1.63. The van der Waals surface area contributed by atoms with Crippen LogP contribution in [-0.2, 0) is 4.79 Å². The van der Waals surface area contributed by atoms with Gasteiger partial charge < -0.3 is 10.4 Å². The van der Waals surface area contributed by atoms with Crippen molar-refractivity contribution < 1.29 is 9.90 Å². The van der Waals surface area contributed by atoms with E-state index in [1.54, 1.807) is 0 Å². The van der Waals surface area contributed by atoms with E-state index in [0.717, 1.165) is 25.8 Å². The molecule has 3 atom stereocenters. The first-order valence-electron chi connectivity index (χ1n) is 7.58. The molecule has 0 aliphatic carbocycles. The van der Waals surface area contributed by atoms with Gasteiger partial charge in [-0.25, -0.2) is 0 Å². The largest absolute Gasteiger partial charge is 0.395 e. The third-order valence-corrected chi connectivity index (χ3v) is 4.12. The number of nitrogens with one attached hydrogen (secondary N) is 1. The zero-order valence-electron chi connectivity index (χ0n) is 12.9. The molecule has 3 unspecified atom stereocenters. The van der Waals surface area contributed by atoms with Crippen molar-refractivity contribution in [3.05, 3.63) is 0 Å². The molecular formula is C15H30N2O2. The summed E-state index contributed by atoms with van der Waals surface area (Å²) in [7, 11) is 0. The molecule has 1 aliphatic heterocycles. The molecule has 4 heteroatoms. The summed E-state index contributed by atoms with van der Waals surface area (Å²) in [5, 5.41) is 12.4. The van der Waals surface area contributed by atoms with E-state index in [1.165, 1.54) is 0 Å². The van der Waals surface area contributed by atoms with E-state index in [0.29, 0.717) is 18.4 Å². The van der Waals surface area contributed by atoms with Crippen LogP contribution in [0.15, 0.2) is 0 Å². The number of hydrogen-bond acceptors (Lipinski definition) is 3. The molecule has 19 heavy (non-hydrogen) atoms. The molecule has 1 heterocycles. The van der Waals surface area contributed by atoms with Gasteiger partial charge in [0.25, 0.3) is 0 Å². The summed E-state index contributed by atoms with van der Waals surface area (Å²) in [6, 6.07) is 0.388. The van der Waals surface area contributed by atoms with Crippen molar-refractivity contribution in [2.45, 2.75) is 59.0 Å². The number of carbonyl (C=O) groups excluding carboxylic acids is 1. The molecule has 0 bridgehead atoms. The Labute approximate surface area is 117 Å². The maximum atomic E-state index is 12.0. The minimum absolute atomic E-state index is 0.0869. The number of nitrogens with zero attached hydrogens (tertiary/aromatic N) is 1. The highest BCUT2D eigenvalue weighted by Gasteiger charge is 2.31. The summed E-state index contributed by atoms with van der Waals surface area (Å²) in [5.74, 6) is 1.25. The molecule has 4 nitrogen and oxygen atoms in total. The highest BCUT2D eigenvalue weighted by atomic mass is 16.3. The average molecular weight is 270 g/mol. The van der Waals surface area contributed by atoms with Gasteiger partial charge in [-0.1, -0.05) is 20.8 Å². The van der Waals surface area contributed by atoms with Gasteiger partial charge in [0.15, 0.2) is 0 Å². The maximum Gasteiger partial charge on any atom is 0.234 e. The standard InChI is InChI=1S/C15H30N2O2/c1-11(2)5-6-13(4)16-15(19)9-17-8-7-12(3)14(17)10-18/h11-14,18H,5-10H2,1-4H3,(H,16,19). The fraction of sp³-hybridized carbons (Fsp3) is 0.933. The van der Waals surface area contributed by atoms with Crippen LogP contribution in [0.5, 0.6) is 0 Å². The van der Waals surface area contributed by atoms with Crippen LogP contribution < -0.4 is 5.32 Å². The molecule has 2 N–H and O–H groups in total. The fourth-order valence-corrected chi connectivity index (χ4v) is 2.74. The van der Waals surface area contributed by atoms with Crippen LogP contribution in [-0.4, -0.2) is 47.7 Å². The lowest BCUT2D eigenvalue weighted by molar-refractivity contribution is -0.123. The molecule has 0 aromatic heterocycles. The van der Waals surface area contributed by atoms with Gasteiger partial charge in [0.1, 0.15) is 0 Å². The normalized spacial score (nSPS) is 25.8. The summed E-state index contributed by atoms with van der Waals surface area (Å²) in [6.07, 6.45) is 3.24. The SMILES string of the molecule is CC(C)CCC(C)NC(=O)CN1CCC(C)C1CO. The highest BCUT2D eigenvalue weighted by Crippen LogP contribution is 2.22. The number of carbonyl (C=O) groups is 1. The van der Waals surface area contributed by atoms with E-state index in [9.17, 15) is 9.90 Å². The van der Waals surface area contributed by atoms with Gasteiger partial charge in [-0.05, 0) is 44.6 Å². The van der Waals surface area contributed by atoms with Gasteiger partial charge in [0, 0.05) is 12.1 Å². The van der Waals surface area contributed by atoms with Gasteiger partial charge in [-0.3, -0.25) is 9.69 Å². The van der Waals surface area contributed by atoms with E-state index in [4.69, 9.17) is 0 Å². The van der Waals surface area contributed by atoms with Crippen molar-refractivity contribution in [3.8, 4) is 0 Å². The molecule has 1 amide bonds. The molecule has 0 spiro atoms. The molecule has 0 radical (unpaired) electrons. The van der Waals surface area contributed by atoms with E-state index >= 15 is 0 Å². The summed E-state index contributed by atoms with van der Waals surface area (Å²) < 4.78 is 0. The molecular weight excluding hydrogens is 240 g/mol. The van der Waals surface area contributed by atoms with Crippen molar-refractivity contribution in [1.82, 2.24) is 10.2 Å². The zero-order valence-corrected chi connectivity index (χ0v) is 12.9. The minimum Gasteiger partial charge on any atom is -0.395 e.